The summed E-state index contributed by atoms with van der Waals surface area (Å²) >= 11 is 0. The molecule has 2 heterocycles. The van der Waals surface area contributed by atoms with Gasteiger partial charge < -0.3 is 9.47 Å². The maximum Gasteiger partial charge on any atom is 0.0712 e. The zero-order chi connectivity index (χ0) is 25.3. The maximum absolute atomic E-state index is 5.51. The number of rotatable bonds is 11. The fourth-order valence-electron chi connectivity index (χ4n) is 5.42. The smallest absolute Gasteiger partial charge is 0.0712 e. The highest BCUT2D eigenvalue weighted by molar-refractivity contribution is 6.08. The van der Waals surface area contributed by atoms with Crippen molar-refractivity contribution in [1.82, 2.24) is 10.0 Å². The van der Waals surface area contributed by atoms with E-state index in [1.807, 2.05) is 0 Å². The van der Waals surface area contributed by atoms with E-state index >= 15 is 0 Å². The number of hydrogen-bond acceptors (Lipinski definition) is 6. The van der Waals surface area contributed by atoms with E-state index in [-0.39, 0.29) is 11.8 Å². The largest absolute Gasteiger partial charge is 0.382 e. The Kier molecular flexibility index (Phi) is 9.54. The Morgan fingerprint density at radius 3 is 1.47 bits per heavy atom. The van der Waals surface area contributed by atoms with Crippen LogP contribution < -0.4 is 0 Å². The molecule has 4 rings (SSSR count). The van der Waals surface area contributed by atoms with Gasteiger partial charge >= 0.3 is 0 Å². The second kappa shape index (κ2) is 13.0. The first-order valence-electron chi connectivity index (χ1n) is 13.4. The Bertz CT molecular complexity index is 913. The van der Waals surface area contributed by atoms with Crippen LogP contribution in [0, 0.1) is 11.8 Å². The summed E-state index contributed by atoms with van der Waals surface area (Å²) in [6, 6.07) is 21.9. The van der Waals surface area contributed by atoms with Crippen LogP contribution in [0.15, 0.2) is 70.9 Å². The molecule has 2 aromatic carbocycles. The normalized spacial score (nSPS) is 22.8. The van der Waals surface area contributed by atoms with Crippen molar-refractivity contribution in [2.75, 3.05) is 40.5 Å². The third-order valence-electron chi connectivity index (χ3n) is 7.63. The van der Waals surface area contributed by atoms with E-state index in [2.05, 4.69) is 84.5 Å². The molecule has 2 aliphatic rings. The quantitative estimate of drug-likeness (QED) is 0.402. The van der Waals surface area contributed by atoms with E-state index in [0.29, 0.717) is 25.3 Å². The molecule has 0 N–H and O–H groups in total. The molecule has 194 valence electrons. The van der Waals surface area contributed by atoms with Crippen molar-refractivity contribution in [3.05, 3.63) is 71.8 Å². The van der Waals surface area contributed by atoms with Crippen molar-refractivity contribution in [3.63, 3.8) is 0 Å². The fraction of sp³-hybridized carbons (Fsp3) is 0.533. The summed E-state index contributed by atoms with van der Waals surface area (Å²) in [6.45, 7) is 7.96. The van der Waals surface area contributed by atoms with E-state index in [4.69, 9.17) is 19.7 Å². The molecular weight excluding hydrogens is 448 g/mol. The van der Waals surface area contributed by atoms with Crippen molar-refractivity contribution < 1.29 is 9.47 Å². The predicted octanol–water partition coefficient (Wildman–Crippen LogP) is 5.29. The topological polar surface area (TPSA) is 49.7 Å². The van der Waals surface area contributed by atoms with Crippen LogP contribution in [0.25, 0.3) is 0 Å². The molecule has 6 nitrogen and oxygen atoms in total. The van der Waals surface area contributed by atoms with Crippen LogP contribution in [-0.2, 0) is 9.47 Å². The number of benzene rings is 2. The summed E-state index contributed by atoms with van der Waals surface area (Å²) in [5.74, 6) is 0.331. The van der Waals surface area contributed by atoms with Crippen molar-refractivity contribution in [1.29, 1.82) is 0 Å². The van der Waals surface area contributed by atoms with Crippen molar-refractivity contribution >= 4 is 11.4 Å². The lowest BCUT2D eigenvalue weighted by Crippen LogP contribution is -2.35. The molecule has 2 saturated heterocycles. The third kappa shape index (κ3) is 6.34. The van der Waals surface area contributed by atoms with Gasteiger partial charge in [0.25, 0.3) is 0 Å². The fourth-order valence-corrected chi connectivity index (χ4v) is 5.42. The second-order valence-electron chi connectivity index (χ2n) is 10.1. The lowest BCUT2D eigenvalue weighted by Gasteiger charge is -2.29. The minimum atomic E-state index is 0.165. The molecule has 36 heavy (non-hydrogen) atoms. The summed E-state index contributed by atoms with van der Waals surface area (Å²) in [5.41, 5.74) is 4.57. The predicted molar refractivity (Wildman–Crippen MR) is 147 cm³/mol. The standard InChI is InChI=1S/C30H42N4O2/c1-23(29(25-13-7-5-8-14-25)31-33-19-11-17-27(33)21-35-3)24(2)30(26-15-9-6-10-16-26)32-34-20-12-18-28(34)22-36-4/h5-10,13-16,23-24,27-28H,11-12,17-22H2,1-4H3/b31-29+,32-30+/t23-,24-,27-,28-/m0/s1. The number of ether oxygens (including phenoxy) is 2. The number of methoxy groups -OCH3 is 2. The number of nitrogens with zero attached hydrogens (tertiary/aromatic N) is 4. The van der Waals surface area contributed by atoms with Crippen LogP contribution in [0.5, 0.6) is 0 Å². The molecular formula is C30H42N4O2. The molecule has 2 aromatic rings. The first-order chi connectivity index (χ1) is 17.6. The van der Waals surface area contributed by atoms with Gasteiger partial charge in [-0.05, 0) is 36.8 Å². The van der Waals surface area contributed by atoms with Crippen LogP contribution in [0.4, 0.5) is 0 Å². The van der Waals surface area contributed by atoms with Gasteiger partial charge in [0, 0.05) is 39.1 Å². The van der Waals surface area contributed by atoms with E-state index in [0.717, 1.165) is 50.2 Å². The molecule has 0 bridgehead atoms. The van der Waals surface area contributed by atoms with Gasteiger partial charge in [-0.25, -0.2) is 0 Å². The van der Waals surface area contributed by atoms with Gasteiger partial charge in [0.2, 0.25) is 0 Å². The minimum absolute atomic E-state index is 0.165. The highest BCUT2D eigenvalue weighted by Crippen LogP contribution is 2.28. The highest BCUT2D eigenvalue weighted by atomic mass is 16.5. The van der Waals surface area contributed by atoms with Crippen molar-refractivity contribution in [2.24, 2.45) is 22.0 Å². The Morgan fingerprint density at radius 2 is 1.11 bits per heavy atom. The molecule has 0 unspecified atom stereocenters. The summed E-state index contributed by atoms with van der Waals surface area (Å²) in [5, 5.41) is 15.1. The van der Waals surface area contributed by atoms with Gasteiger partial charge in [-0.15, -0.1) is 0 Å². The number of hydrogen-bond donors (Lipinski definition) is 0. The molecule has 0 saturated carbocycles. The second-order valence-corrected chi connectivity index (χ2v) is 10.1. The van der Waals surface area contributed by atoms with Gasteiger partial charge in [0.05, 0.1) is 36.7 Å². The third-order valence-corrected chi connectivity index (χ3v) is 7.63. The summed E-state index contributed by atoms with van der Waals surface area (Å²) in [6.07, 6.45) is 4.54. The lowest BCUT2D eigenvalue weighted by molar-refractivity contribution is 0.117. The van der Waals surface area contributed by atoms with Crippen LogP contribution in [0.1, 0.15) is 50.7 Å². The van der Waals surface area contributed by atoms with E-state index in [9.17, 15) is 0 Å². The molecule has 2 aliphatic heterocycles. The Balaban J connectivity index is 1.70. The monoisotopic (exact) mass is 490 g/mol. The average molecular weight is 491 g/mol. The maximum atomic E-state index is 5.51. The van der Waals surface area contributed by atoms with Gasteiger partial charge in [-0.3, -0.25) is 10.0 Å². The molecule has 0 aromatic heterocycles. The van der Waals surface area contributed by atoms with Gasteiger partial charge in [0.15, 0.2) is 0 Å². The molecule has 0 spiro atoms. The SMILES string of the molecule is COC[C@@H]1CCCN1/N=C(/c1ccccc1)[C@@H](C)[C@H](C)/C(=N\N1CCC[C@H]1COC)c1ccccc1. The molecule has 6 heteroatoms. The molecule has 0 aliphatic carbocycles. The highest BCUT2D eigenvalue weighted by Gasteiger charge is 2.31. The van der Waals surface area contributed by atoms with E-state index in [1.165, 1.54) is 11.1 Å². The zero-order valence-electron chi connectivity index (χ0n) is 22.3. The van der Waals surface area contributed by atoms with E-state index in [1.54, 1.807) is 14.2 Å². The van der Waals surface area contributed by atoms with Crippen LogP contribution in [-0.4, -0.2) is 74.0 Å². The molecule has 4 atom stereocenters. The van der Waals surface area contributed by atoms with Gasteiger partial charge in [-0.1, -0.05) is 74.5 Å². The summed E-state index contributed by atoms with van der Waals surface area (Å²) in [7, 11) is 3.56. The Hall–Kier alpha value is -2.70. The zero-order valence-corrected chi connectivity index (χ0v) is 22.3. The summed E-state index contributed by atoms with van der Waals surface area (Å²) in [4.78, 5) is 0. The minimum Gasteiger partial charge on any atom is -0.382 e. The van der Waals surface area contributed by atoms with Gasteiger partial charge in [-0.2, -0.15) is 10.2 Å². The summed E-state index contributed by atoms with van der Waals surface area (Å²) < 4.78 is 11.0. The first kappa shape index (κ1) is 26.4. The first-order valence-corrected chi connectivity index (χ1v) is 13.4. The van der Waals surface area contributed by atoms with Crippen LogP contribution in [0.2, 0.25) is 0 Å². The van der Waals surface area contributed by atoms with E-state index < -0.39 is 0 Å². The average Bonchev–Trinajstić information content (AvgIpc) is 3.55. The molecule has 0 amide bonds. The molecule has 0 radical (unpaired) electrons. The van der Waals surface area contributed by atoms with Crippen LogP contribution >= 0.6 is 0 Å². The Labute approximate surface area is 217 Å². The van der Waals surface area contributed by atoms with Gasteiger partial charge in [0.1, 0.15) is 0 Å². The Morgan fingerprint density at radius 1 is 0.722 bits per heavy atom. The van der Waals surface area contributed by atoms with Crippen LogP contribution in [0.3, 0.4) is 0 Å². The van der Waals surface area contributed by atoms with Crippen molar-refractivity contribution in [2.45, 2.75) is 51.6 Å². The number of hydrazone groups is 2. The van der Waals surface area contributed by atoms with Crippen molar-refractivity contribution in [3.8, 4) is 0 Å². The lowest BCUT2D eigenvalue weighted by atomic mass is 9.82. The molecule has 2 fully saturated rings.